The van der Waals surface area contributed by atoms with Crippen molar-refractivity contribution in [3.05, 3.63) is 48.0 Å². The highest BCUT2D eigenvalue weighted by atomic mass is 16.5. The molecule has 1 fully saturated rings. The van der Waals surface area contributed by atoms with Crippen molar-refractivity contribution in [1.82, 2.24) is 10.2 Å². The number of nitriles is 1. The second kappa shape index (κ2) is 9.76. The topological polar surface area (TPSA) is 123 Å². The molecule has 0 saturated carbocycles. The summed E-state index contributed by atoms with van der Waals surface area (Å²) < 4.78 is 5.16. The van der Waals surface area contributed by atoms with Gasteiger partial charge in [0.05, 0.1) is 12.5 Å². The molecule has 0 aromatic heterocycles. The van der Waals surface area contributed by atoms with E-state index in [4.69, 9.17) is 10.00 Å². The fourth-order valence-electron chi connectivity index (χ4n) is 2.88. The summed E-state index contributed by atoms with van der Waals surface area (Å²) in [6, 6.07) is 10.9. The van der Waals surface area contributed by atoms with Gasteiger partial charge in [0.2, 0.25) is 0 Å². The van der Waals surface area contributed by atoms with Crippen LogP contribution in [-0.4, -0.2) is 59.7 Å². The molecule has 1 saturated heterocycles. The SMILES string of the molecule is C=C(C#N)C(=O)N1CC[C@H](COC(=O)N[C@@H](Cc2ccccc2)B(O)O)C1. The van der Waals surface area contributed by atoms with Gasteiger partial charge in [-0.3, -0.25) is 4.79 Å². The lowest BCUT2D eigenvalue weighted by atomic mass is 9.76. The highest BCUT2D eigenvalue weighted by Gasteiger charge is 2.30. The van der Waals surface area contributed by atoms with Gasteiger partial charge in [-0.25, -0.2) is 4.79 Å². The zero-order valence-electron chi connectivity index (χ0n) is 14.9. The summed E-state index contributed by atoms with van der Waals surface area (Å²) in [7, 11) is -1.73. The van der Waals surface area contributed by atoms with Crippen LogP contribution in [0.3, 0.4) is 0 Å². The van der Waals surface area contributed by atoms with E-state index >= 15 is 0 Å². The molecule has 1 aromatic rings. The lowest BCUT2D eigenvalue weighted by Crippen LogP contribution is -2.48. The van der Waals surface area contributed by atoms with Crippen LogP contribution >= 0.6 is 0 Å². The Bertz CT molecular complexity index is 719. The number of nitrogens with one attached hydrogen (secondary N) is 1. The lowest BCUT2D eigenvalue weighted by Gasteiger charge is -2.19. The number of hydrogen-bond acceptors (Lipinski definition) is 6. The number of alkyl carbamates (subject to hydrolysis) is 1. The highest BCUT2D eigenvalue weighted by Crippen LogP contribution is 2.18. The van der Waals surface area contributed by atoms with Crippen molar-refractivity contribution < 1.29 is 24.4 Å². The Hall–Kier alpha value is -2.83. The Morgan fingerprint density at radius 3 is 2.74 bits per heavy atom. The summed E-state index contributed by atoms with van der Waals surface area (Å²) >= 11 is 0. The molecular weight excluding hydrogens is 349 g/mol. The van der Waals surface area contributed by atoms with Crippen molar-refractivity contribution >= 4 is 19.1 Å². The van der Waals surface area contributed by atoms with Gasteiger partial charge in [0.1, 0.15) is 11.6 Å². The van der Waals surface area contributed by atoms with Gasteiger partial charge in [-0.05, 0) is 18.4 Å². The fraction of sp³-hybridized carbons (Fsp3) is 0.389. The van der Waals surface area contributed by atoms with Crippen LogP contribution in [0.2, 0.25) is 0 Å². The zero-order chi connectivity index (χ0) is 19.8. The summed E-state index contributed by atoms with van der Waals surface area (Å²) in [5.74, 6) is -1.35. The van der Waals surface area contributed by atoms with E-state index in [0.717, 1.165) is 5.56 Å². The summed E-state index contributed by atoms with van der Waals surface area (Å²) in [6.45, 7) is 4.35. The fourth-order valence-corrected chi connectivity index (χ4v) is 2.88. The summed E-state index contributed by atoms with van der Waals surface area (Å²) in [6.07, 6.45) is 0.138. The first kappa shape index (κ1) is 20.5. The van der Waals surface area contributed by atoms with Crippen LogP contribution in [0.1, 0.15) is 12.0 Å². The summed E-state index contributed by atoms with van der Waals surface area (Å²) in [5.41, 5.74) is 0.730. The monoisotopic (exact) mass is 371 g/mol. The van der Waals surface area contributed by atoms with Crippen LogP contribution in [0.25, 0.3) is 0 Å². The van der Waals surface area contributed by atoms with Crippen LogP contribution in [0.5, 0.6) is 0 Å². The van der Waals surface area contributed by atoms with Crippen molar-refractivity contribution in [2.75, 3.05) is 19.7 Å². The predicted molar refractivity (Wildman–Crippen MR) is 98.0 cm³/mol. The number of benzene rings is 1. The highest BCUT2D eigenvalue weighted by molar-refractivity contribution is 6.43. The van der Waals surface area contributed by atoms with E-state index in [-0.39, 0.29) is 24.5 Å². The molecule has 0 unspecified atom stereocenters. The average Bonchev–Trinajstić information content (AvgIpc) is 3.14. The number of amides is 2. The van der Waals surface area contributed by atoms with Crippen LogP contribution in [0, 0.1) is 17.2 Å². The van der Waals surface area contributed by atoms with E-state index in [1.807, 2.05) is 30.3 Å². The summed E-state index contributed by atoms with van der Waals surface area (Å²) in [4.78, 5) is 25.4. The molecule has 142 valence electrons. The number of carbonyl (C=O) groups is 2. The Labute approximate surface area is 158 Å². The molecule has 9 heteroatoms. The Morgan fingerprint density at radius 2 is 2.11 bits per heavy atom. The molecule has 1 heterocycles. The number of hydrogen-bond donors (Lipinski definition) is 3. The van der Waals surface area contributed by atoms with Crippen LogP contribution in [0.4, 0.5) is 4.79 Å². The molecule has 1 aliphatic rings. The molecular formula is C18H22BN3O5. The molecule has 8 nitrogen and oxygen atoms in total. The molecule has 1 aromatic carbocycles. The van der Waals surface area contributed by atoms with Gasteiger partial charge in [-0.2, -0.15) is 5.26 Å². The number of nitrogens with zero attached hydrogens (tertiary/aromatic N) is 2. The first-order valence-corrected chi connectivity index (χ1v) is 8.62. The maximum Gasteiger partial charge on any atom is 0.475 e. The number of carbonyl (C=O) groups excluding carboxylic acids is 2. The standard InChI is InChI=1S/C18H22BN3O5/c1-13(10-20)17(23)22-8-7-15(11-22)12-27-18(24)21-16(19(25)26)9-14-5-3-2-4-6-14/h2-6,15-16,25-26H,1,7-9,11-12H2,(H,21,24)/t15-,16-/m0/s1. The molecule has 27 heavy (non-hydrogen) atoms. The third-order valence-electron chi connectivity index (χ3n) is 4.38. The molecule has 0 aliphatic carbocycles. The van der Waals surface area contributed by atoms with Crippen LogP contribution in [0.15, 0.2) is 42.5 Å². The minimum absolute atomic E-state index is 0.0437. The van der Waals surface area contributed by atoms with Gasteiger partial charge in [0.15, 0.2) is 0 Å². The second-order valence-corrected chi connectivity index (χ2v) is 6.45. The van der Waals surface area contributed by atoms with Gasteiger partial charge < -0.3 is 25.0 Å². The molecule has 2 rings (SSSR count). The molecule has 0 spiro atoms. The van der Waals surface area contributed by atoms with Crippen LogP contribution in [-0.2, 0) is 16.0 Å². The molecule has 2 amide bonds. The first-order valence-electron chi connectivity index (χ1n) is 8.62. The van der Waals surface area contributed by atoms with Crippen molar-refractivity contribution in [2.24, 2.45) is 5.92 Å². The van der Waals surface area contributed by atoms with E-state index in [1.165, 1.54) is 4.90 Å². The van der Waals surface area contributed by atoms with Crippen molar-refractivity contribution in [2.45, 2.75) is 18.8 Å². The van der Waals surface area contributed by atoms with Crippen molar-refractivity contribution in [1.29, 1.82) is 5.26 Å². The van der Waals surface area contributed by atoms with E-state index < -0.39 is 25.1 Å². The normalized spacial score (nSPS) is 16.9. The minimum atomic E-state index is -1.73. The molecule has 1 aliphatic heterocycles. The minimum Gasteiger partial charge on any atom is -0.449 e. The largest absolute Gasteiger partial charge is 0.475 e. The molecule has 0 bridgehead atoms. The summed E-state index contributed by atoms with van der Waals surface area (Å²) in [5, 5.41) is 30.1. The lowest BCUT2D eigenvalue weighted by molar-refractivity contribution is -0.125. The van der Waals surface area contributed by atoms with E-state index in [9.17, 15) is 19.6 Å². The molecule has 0 radical (unpaired) electrons. The Morgan fingerprint density at radius 1 is 1.41 bits per heavy atom. The van der Waals surface area contributed by atoms with Gasteiger partial charge in [-0.1, -0.05) is 36.9 Å². The van der Waals surface area contributed by atoms with Crippen LogP contribution < -0.4 is 5.32 Å². The van der Waals surface area contributed by atoms with Crippen molar-refractivity contribution in [3.63, 3.8) is 0 Å². The first-order chi connectivity index (χ1) is 12.9. The van der Waals surface area contributed by atoms with Gasteiger partial charge in [0, 0.05) is 19.0 Å². The molecule has 2 atom stereocenters. The van der Waals surface area contributed by atoms with E-state index in [2.05, 4.69) is 11.9 Å². The van der Waals surface area contributed by atoms with Gasteiger partial charge >= 0.3 is 13.2 Å². The predicted octanol–water partition coefficient (Wildman–Crippen LogP) is 0.264. The third kappa shape index (κ3) is 6.13. The Balaban J connectivity index is 1.79. The van der Waals surface area contributed by atoms with E-state index in [0.29, 0.717) is 19.5 Å². The number of likely N-dealkylation sites (tertiary alicyclic amines) is 1. The number of ether oxygens (including phenoxy) is 1. The maximum atomic E-state index is 12.0. The number of rotatable bonds is 7. The second-order valence-electron chi connectivity index (χ2n) is 6.45. The van der Waals surface area contributed by atoms with Gasteiger partial charge in [0.25, 0.3) is 5.91 Å². The quantitative estimate of drug-likeness (QED) is 0.359. The third-order valence-corrected chi connectivity index (χ3v) is 4.38. The van der Waals surface area contributed by atoms with E-state index in [1.54, 1.807) is 6.07 Å². The Kier molecular flexibility index (Phi) is 7.40. The molecule has 3 N–H and O–H groups in total. The smallest absolute Gasteiger partial charge is 0.449 e. The van der Waals surface area contributed by atoms with Gasteiger partial charge in [-0.15, -0.1) is 0 Å². The average molecular weight is 371 g/mol. The van der Waals surface area contributed by atoms with Crippen molar-refractivity contribution in [3.8, 4) is 6.07 Å². The zero-order valence-corrected chi connectivity index (χ0v) is 14.9. The maximum absolute atomic E-state index is 12.0.